The Morgan fingerprint density at radius 3 is 2.29 bits per heavy atom. The van der Waals surface area contributed by atoms with Crippen LogP contribution in [0.4, 0.5) is 0 Å². The summed E-state index contributed by atoms with van der Waals surface area (Å²) in [5, 5.41) is 0. The van der Waals surface area contributed by atoms with Crippen LogP contribution in [0.25, 0.3) is 0 Å². The summed E-state index contributed by atoms with van der Waals surface area (Å²) in [7, 11) is 0. The van der Waals surface area contributed by atoms with Gasteiger partial charge in [-0.3, -0.25) is 0 Å². The first-order chi connectivity index (χ1) is 9.98. The molecule has 0 atom stereocenters. The highest BCUT2D eigenvalue weighted by Crippen LogP contribution is 2.35. The van der Waals surface area contributed by atoms with E-state index in [0.29, 0.717) is 5.92 Å². The van der Waals surface area contributed by atoms with Crippen LogP contribution in [-0.4, -0.2) is 12.4 Å². The summed E-state index contributed by atoms with van der Waals surface area (Å²) in [5.41, 5.74) is 1.47. The van der Waals surface area contributed by atoms with Crippen LogP contribution in [0.3, 0.4) is 0 Å². The predicted molar refractivity (Wildman–Crippen MR) is 99.8 cm³/mol. The van der Waals surface area contributed by atoms with Gasteiger partial charge in [0.15, 0.2) is 0 Å². The van der Waals surface area contributed by atoms with Gasteiger partial charge in [0.25, 0.3) is 0 Å². The number of hydrogen-bond acceptors (Lipinski definition) is 2. The van der Waals surface area contributed by atoms with Crippen molar-refractivity contribution < 1.29 is 4.74 Å². The SMILES string of the molecule is CCCC(CS)(CCC)COc1ccc(Br)cc1C(C)C. The lowest BCUT2D eigenvalue weighted by Gasteiger charge is -2.32. The van der Waals surface area contributed by atoms with Crippen molar-refractivity contribution in [2.24, 2.45) is 5.41 Å². The van der Waals surface area contributed by atoms with Crippen molar-refractivity contribution in [3.05, 3.63) is 28.2 Å². The Kier molecular flexibility index (Phi) is 8.18. The first-order valence-electron chi connectivity index (χ1n) is 8.01. The Hall–Kier alpha value is -0.150. The van der Waals surface area contributed by atoms with Crippen molar-refractivity contribution in [2.75, 3.05) is 12.4 Å². The van der Waals surface area contributed by atoms with Crippen LogP contribution in [0, 0.1) is 5.41 Å². The van der Waals surface area contributed by atoms with Crippen LogP contribution < -0.4 is 4.74 Å². The molecule has 0 aliphatic heterocycles. The van der Waals surface area contributed by atoms with E-state index in [1.807, 2.05) is 0 Å². The second-order valence-electron chi connectivity index (χ2n) is 6.28. The molecule has 0 aromatic heterocycles. The molecule has 21 heavy (non-hydrogen) atoms. The van der Waals surface area contributed by atoms with E-state index in [2.05, 4.69) is 74.5 Å². The van der Waals surface area contributed by atoms with Crippen molar-refractivity contribution in [1.29, 1.82) is 0 Å². The third kappa shape index (κ3) is 5.52. The smallest absolute Gasteiger partial charge is 0.122 e. The molecule has 0 spiro atoms. The normalized spacial score (nSPS) is 12.0. The third-order valence-electron chi connectivity index (χ3n) is 4.02. The van der Waals surface area contributed by atoms with E-state index in [-0.39, 0.29) is 5.41 Å². The second kappa shape index (κ2) is 9.09. The predicted octanol–water partition coefficient (Wildman–Crippen LogP) is 6.47. The molecular formula is C18H29BrOS. The molecular weight excluding hydrogens is 344 g/mol. The monoisotopic (exact) mass is 372 g/mol. The summed E-state index contributed by atoms with van der Waals surface area (Å²) in [6.45, 7) is 9.66. The minimum absolute atomic E-state index is 0.202. The summed E-state index contributed by atoms with van der Waals surface area (Å²) in [4.78, 5) is 0. The molecule has 1 nitrogen and oxygen atoms in total. The van der Waals surface area contributed by atoms with Gasteiger partial charge in [-0.25, -0.2) is 0 Å². The van der Waals surface area contributed by atoms with Crippen LogP contribution >= 0.6 is 28.6 Å². The van der Waals surface area contributed by atoms with Gasteiger partial charge in [0, 0.05) is 9.89 Å². The van der Waals surface area contributed by atoms with Crippen LogP contribution in [0.1, 0.15) is 64.9 Å². The molecule has 1 rings (SSSR count). The van der Waals surface area contributed by atoms with E-state index >= 15 is 0 Å². The van der Waals surface area contributed by atoms with Crippen LogP contribution in [0.15, 0.2) is 22.7 Å². The number of rotatable bonds is 9. The molecule has 1 aromatic carbocycles. The van der Waals surface area contributed by atoms with Gasteiger partial charge in [0.05, 0.1) is 6.61 Å². The van der Waals surface area contributed by atoms with Crippen molar-refractivity contribution >= 4 is 28.6 Å². The number of hydrogen-bond donors (Lipinski definition) is 1. The molecule has 0 fully saturated rings. The Balaban J connectivity index is 2.89. The van der Waals surface area contributed by atoms with Gasteiger partial charge in [-0.2, -0.15) is 12.6 Å². The standard InChI is InChI=1S/C18H29BrOS/c1-5-9-18(13-21,10-6-2)12-20-17-8-7-15(19)11-16(17)14(3)4/h7-8,11,14,21H,5-6,9-10,12-13H2,1-4H3. The maximum Gasteiger partial charge on any atom is 0.122 e. The maximum atomic E-state index is 6.25. The van der Waals surface area contributed by atoms with Crippen molar-refractivity contribution in [3.8, 4) is 5.75 Å². The van der Waals surface area contributed by atoms with E-state index in [1.165, 1.54) is 31.2 Å². The molecule has 0 bridgehead atoms. The maximum absolute atomic E-state index is 6.25. The zero-order valence-corrected chi connectivity index (χ0v) is 16.3. The molecule has 1 aromatic rings. The topological polar surface area (TPSA) is 9.23 Å². The molecule has 0 amide bonds. The number of benzene rings is 1. The highest BCUT2D eigenvalue weighted by Gasteiger charge is 2.28. The fraction of sp³-hybridized carbons (Fsp3) is 0.667. The lowest BCUT2D eigenvalue weighted by Crippen LogP contribution is -2.30. The molecule has 120 valence electrons. The third-order valence-corrected chi connectivity index (χ3v) is 5.19. The summed E-state index contributed by atoms with van der Waals surface area (Å²) < 4.78 is 7.36. The number of ether oxygens (including phenoxy) is 1. The summed E-state index contributed by atoms with van der Waals surface area (Å²) >= 11 is 8.16. The molecule has 0 saturated heterocycles. The lowest BCUT2D eigenvalue weighted by atomic mass is 9.82. The Bertz CT molecular complexity index is 425. The molecule has 0 unspecified atom stereocenters. The van der Waals surface area contributed by atoms with Gasteiger partial charge in [-0.15, -0.1) is 0 Å². The molecule has 0 N–H and O–H groups in total. The minimum atomic E-state index is 0.202. The molecule has 0 saturated carbocycles. The Labute approximate surface area is 144 Å². The molecule has 0 heterocycles. The van der Waals surface area contributed by atoms with E-state index in [1.54, 1.807) is 0 Å². The summed E-state index contributed by atoms with van der Waals surface area (Å²) in [6, 6.07) is 6.31. The van der Waals surface area contributed by atoms with Crippen LogP contribution in [0.5, 0.6) is 5.75 Å². The van der Waals surface area contributed by atoms with E-state index < -0.39 is 0 Å². The van der Waals surface area contributed by atoms with Gasteiger partial charge in [-0.05, 0) is 48.3 Å². The van der Waals surface area contributed by atoms with Crippen molar-refractivity contribution in [2.45, 2.75) is 59.3 Å². The lowest BCUT2D eigenvalue weighted by molar-refractivity contribution is 0.142. The van der Waals surface area contributed by atoms with E-state index in [4.69, 9.17) is 4.74 Å². The fourth-order valence-corrected chi connectivity index (χ4v) is 3.65. The quantitative estimate of drug-likeness (QED) is 0.488. The largest absolute Gasteiger partial charge is 0.493 e. The van der Waals surface area contributed by atoms with Crippen LogP contribution in [0.2, 0.25) is 0 Å². The average Bonchev–Trinajstić information content (AvgIpc) is 2.46. The first kappa shape index (κ1) is 18.9. The average molecular weight is 373 g/mol. The Morgan fingerprint density at radius 2 is 1.81 bits per heavy atom. The first-order valence-corrected chi connectivity index (χ1v) is 9.43. The van der Waals surface area contributed by atoms with Gasteiger partial charge in [0.1, 0.15) is 5.75 Å². The fourth-order valence-electron chi connectivity index (χ4n) is 2.87. The summed E-state index contributed by atoms with van der Waals surface area (Å²) in [6.07, 6.45) is 4.72. The number of thiol groups is 1. The zero-order chi connectivity index (χ0) is 15.9. The zero-order valence-electron chi connectivity index (χ0n) is 13.8. The van der Waals surface area contributed by atoms with Crippen LogP contribution in [-0.2, 0) is 0 Å². The molecule has 0 aliphatic rings. The van der Waals surface area contributed by atoms with Gasteiger partial charge in [0.2, 0.25) is 0 Å². The van der Waals surface area contributed by atoms with Gasteiger partial charge < -0.3 is 4.74 Å². The summed E-state index contributed by atoms with van der Waals surface area (Å²) in [5.74, 6) is 2.37. The van der Waals surface area contributed by atoms with Crippen molar-refractivity contribution in [1.82, 2.24) is 0 Å². The molecule has 0 radical (unpaired) electrons. The Morgan fingerprint density at radius 1 is 1.19 bits per heavy atom. The second-order valence-corrected chi connectivity index (χ2v) is 7.52. The molecule has 3 heteroatoms. The number of halogens is 1. The highest BCUT2D eigenvalue weighted by atomic mass is 79.9. The van der Waals surface area contributed by atoms with Crippen molar-refractivity contribution in [3.63, 3.8) is 0 Å². The highest BCUT2D eigenvalue weighted by molar-refractivity contribution is 9.10. The van der Waals surface area contributed by atoms with Gasteiger partial charge in [-0.1, -0.05) is 56.5 Å². The minimum Gasteiger partial charge on any atom is -0.493 e. The van der Waals surface area contributed by atoms with Gasteiger partial charge >= 0.3 is 0 Å². The van der Waals surface area contributed by atoms with E-state index in [9.17, 15) is 0 Å². The van der Waals surface area contributed by atoms with E-state index in [0.717, 1.165) is 22.6 Å². The molecule has 0 aliphatic carbocycles.